The van der Waals surface area contributed by atoms with Crippen LogP contribution in [0.3, 0.4) is 0 Å². The van der Waals surface area contributed by atoms with Crippen LogP contribution in [0, 0.1) is 5.92 Å². The highest BCUT2D eigenvalue weighted by Crippen LogP contribution is 2.27. The molecule has 1 aliphatic heterocycles. The van der Waals surface area contributed by atoms with Crippen molar-refractivity contribution in [2.75, 3.05) is 33.7 Å². The lowest BCUT2D eigenvalue weighted by Crippen LogP contribution is -2.50. The van der Waals surface area contributed by atoms with Gasteiger partial charge in [-0.15, -0.1) is 24.0 Å². The van der Waals surface area contributed by atoms with E-state index in [0.29, 0.717) is 12.1 Å². The SMILES string of the molecule is CC1CCN(C2CCC(NC(=NCC(=O)N(C)C)NC(C)C)CC2)CC1.I. The van der Waals surface area contributed by atoms with Gasteiger partial charge in [-0.1, -0.05) is 6.92 Å². The maximum Gasteiger partial charge on any atom is 0.243 e. The predicted molar refractivity (Wildman–Crippen MR) is 124 cm³/mol. The second-order valence-corrected chi connectivity index (χ2v) is 8.62. The third kappa shape index (κ3) is 8.54. The molecule has 7 heteroatoms. The van der Waals surface area contributed by atoms with Crippen molar-refractivity contribution in [3.05, 3.63) is 0 Å². The Bertz CT molecular complexity index is 467. The van der Waals surface area contributed by atoms with Gasteiger partial charge in [0.25, 0.3) is 0 Å². The van der Waals surface area contributed by atoms with Crippen molar-refractivity contribution in [2.24, 2.45) is 10.9 Å². The molecule has 1 amide bonds. The highest BCUT2D eigenvalue weighted by molar-refractivity contribution is 14.0. The average molecular weight is 493 g/mol. The minimum atomic E-state index is 0. The second-order valence-electron chi connectivity index (χ2n) is 8.62. The van der Waals surface area contributed by atoms with Gasteiger partial charge in [0.05, 0.1) is 0 Å². The van der Waals surface area contributed by atoms with Crippen molar-refractivity contribution in [3.8, 4) is 0 Å². The van der Waals surface area contributed by atoms with Crippen molar-refractivity contribution in [1.29, 1.82) is 0 Å². The maximum atomic E-state index is 11.8. The fourth-order valence-corrected chi connectivity index (χ4v) is 3.87. The van der Waals surface area contributed by atoms with Crippen LogP contribution in [0.1, 0.15) is 59.3 Å². The van der Waals surface area contributed by atoms with E-state index in [9.17, 15) is 4.79 Å². The molecule has 2 rings (SSSR count). The Hall–Kier alpha value is -0.570. The molecule has 2 aliphatic rings. The number of hydrogen-bond donors (Lipinski definition) is 2. The lowest BCUT2D eigenvalue weighted by molar-refractivity contribution is -0.127. The topological polar surface area (TPSA) is 60.0 Å². The van der Waals surface area contributed by atoms with Gasteiger partial charge in [0.1, 0.15) is 6.54 Å². The van der Waals surface area contributed by atoms with Crippen LogP contribution in [0.2, 0.25) is 0 Å². The molecule has 0 aromatic carbocycles. The summed E-state index contributed by atoms with van der Waals surface area (Å²) >= 11 is 0. The number of likely N-dealkylation sites (N-methyl/N-ethyl adjacent to an activating group) is 1. The number of halogens is 1. The summed E-state index contributed by atoms with van der Waals surface area (Å²) in [4.78, 5) is 20.6. The first-order chi connectivity index (χ1) is 12.3. The third-order valence-corrected chi connectivity index (χ3v) is 5.67. The zero-order valence-electron chi connectivity index (χ0n) is 17.8. The Kier molecular flexibility index (Phi) is 11.0. The lowest BCUT2D eigenvalue weighted by atomic mass is 9.88. The van der Waals surface area contributed by atoms with Gasteiger partial charge in [-0.05, 0) is 71.4 Å². The van der Waals surface area contributed by atoms with Crippen molar-refractivity contribution in [2.45, 2.75) is 77.4 Å². The Balaban J connectivity index is 0.00000364. The van der Waals surface area contributed by atoms with Gasteiger partial charge in [0, 0.05) is 32.2 Å². The number of carbonyl (C=O) groups excluding carboxylic acids is 1. The number of nitrogens with zero attached hydrogens (tertiary/aromatic N) is 3. The van der Waals surface area contributed by atoms with E-state index in [1.54, 1.807) is 19.0 Å². The van der Waals surface area contributed by atoms with Crippen LogP contribution in [-0.2, 0) is 4.79 Å². The van der Waals surface area contributed by atoms with E-state index >= 15 is 0 Å². The molecule has 1 saturated carbocycles. The summed E-state index contributed by atoms with van der Waals surface area (Å²) in [7, 11) is 3.53. The van der Waals surface area contributed by atoms with E-state index in [1.165, 1.54) is 51.6 Å². The fourth-order valence-electron chi connectivity index (χ4n) is 3.87. The zero-order valence-corrected chi connectivity index (χ0v) is 20.2. The number of amides is 1. The molecule has 1 saturated heterocycles. The normalized spacial score (nSPS) is 25.0. The van der Waals surface area contributed by atoms with Crippen LogP contribution in [0.25, 0.3) is 0 Å². The van der Waals surface area contributed by atoms with Gasteiger partial charge < -0.3 is 20.4 Å². The summed E-state index contributed by atoms with van der Waals surface area (Å²) in [6.07, 6.45) is 7.59. The maximum absolute atomic E-state index is 11.8. The Morgan fingerprint density at radius 2 is 1.70 bits per heavy atom. The number of piperidine rings is 1. The number of aliphatic imine (C=N–C) groups is 1. The van der Waals surface area contributed by atoms with Crippen molar-refractivity contribution in [3.63, 3.8) is 0 Å². The average Bonchev–Trinajstić information content (AvgIpc) is 2.60. The van der Waals surface area contributed by atoms with E-state index in [-0.39, 0.29) is 36.4 Å². The number of likely N-dealkylation sites (tertiary alicyclic amines) is 1. The van der Waals surface area contributed by atoms with Gasteiger partial charge in [0.15, 0.2) is 5.96 Å². The molecule has 27 heavy (non-hydrogen) atoms. The van der Waals surface area contributed by atoms with Gasteiger partial charge in [-0.2, -0.15) is 0 Å². The molecule has 2 N–H and O–H groups in total. The van der Waals surface area contributed by atoms with Crippen LogP contribution in [0.15, 0.2) is 4.99 Å². The first kappa shape index (κ1) is 24.5. The van der Waals surface area contributed by atoms with Crippen molar-refractivity contribution in [1.82, 2.24) is 20.4 Å². The van der Waals surface area contributed by atoms with Crippen LogP contribution in [-0.4, -0.2) is 73.5 Å². The summed E-state index contributed by atoms with van der Waals surface area (Å²) in [5.74, 6) is 1.69. The quantitative estimate of drug-likeness (QED) is 0.351. The molecular weight excluding hydrogens is 453 g/mol. The number of guanidine groups is 1. The molecule has 0 bridgehead atoms. The first-order valence-electron chi connectivity index (χ1n) is 10.4. The molecule has 2 fully saturated rings. The number of rotatable bonds is 5. The van der Waals surface area contributed by atoms with E-state index in [4.69, 9.17) is 0 Å². The highest BCUT2D eigenvalue weighted by Gasteiger charge is 2.28. The Morgan fingerprint density at radius 1 is 1.11 bits per heavy atom. The van der Waals surface area contributed by atoms with E-state index in [0.717, 1.165) is 17.9 Å². The monoisotopic (exact) mass is 493 g/mol. The lowest BCUT2D eigenvalue weighted by Gasteiger charge is -2.40. The van der Waals surface area contributed by atoms with Crippen LogP contribution < -0.4 is 10.6 Å². The van der Waals surface area contributed by atoms with Crippen LogP contribution in [0.4, 0.5) is 0 Å². The fraction of sp³-hybridized carbons (Fsp3) is 0.900. The summed E-state index contributed by atoms with van der Waals surface area (Å²) in [6, 6.07) is 1.51. The smallest absolute Gasteiger partial charge is 0.243 e. The first-order valence-corrected chi connectivity index (χ1v) is 10.4. The summed E-state index contributed by atoms with van der Waals surface area (Å²) in [5, 5.41) is 6.92. The molecule has 6 nitrogen and oxygen atoms in total. The molecule has 0 atom stereocenters. The Labute approximate surface area is 182 Å². The summed E-state index contributed by atoms with van der Waals surface area (Å²) < 4.78 is 0. The van der Waals surface area contributed by atoms with Gasteiger partial charge in [-0.3, -0.25) is 4.79 Å². The van der Waals surface area contributed by atoms with Crippen LogP contribution in [0.5, 0.6) is 0 Å². The minimum absolute atomic E-state index is 0. The molecule has 0 aromatic heterocycles. The summed E-state index contributed by atoms with van der Waals surface area (Å²) in [6.45, 7) is 9.31. The Morgan fingerprint density at radius 3 is 2.22 bits per heavy atom. The van der Waals surface area contributed by atoms with E-state index < -0.39 is 0 Å². The predicted octanol–water partition coefficient (Wildman–Crippen LogP) is 2.68. The standard InChI is InChI=1S/C20H39N5O.HI/c1-15(2)22-20(21-14-19(26)24(4)5)23-17-6-8-18(9-7-17)25-12-10-16(3)11-13-25;/h15-18H,6-14H2,1-5H3,(H2,21,22,23);1H. The zero-order chi connectivity index (χ0) is 19.1. The molecular formula is C20H40IN5O. The van der Waals surface area contributed by atoms with Crippen molar-refractivity contribution < 1.29 is 4.79 Å². The number of hydrogen-bond acceptors (Lipinski definition) is 3. The molecule has 1 heterocycles. The largest absolute Gasteiger partial charge is 0.354 e. The van der Waals surface area contributed by atoms with Crippen molar-refractivity contribution >= 4 is 35.8 Å². The third-order valence-electron chi connectivity index (χ3n) is 5.67. The molecule has 0 radical (unpaired) electrons. The number of nitrogens with one attached hydrogen (secondary N) is 2. The van der Waals surface area contributed by atoms with Gasteiger partial charge in [-0.25, -0.2) is 4.99 Å². The number of carbonyl (C=O) groups is 1. The molecule has 0 unspecified atom stereocenters. The molecule has 0 aromatic rings. The van der Waals surface area contributed by atoms with Gasteiger partial charge in [0.2, 0.25) is 5.91 Å². The van der Waals surface area contributed by atoms with E-state index in [1.807, 2.05) is 0 Å². The molecule has 1 aliphatic carbocycles. The second kappa shape index (κ2) is 12.1. The molecule has 0 spiro atoms. The highest BCUT2D eigenvalue weighted by atomic mass is 127. The van der Waals surface area contributed by atoms with Crippen LogP contribution >= 0.6 is 24.0 Å². The van der Waals surface area contributed by atoms with Gasteiger partial charge >= 0.3 is 0 Å². The minimum Gasteiger partial charge on any atom is -0.354 e. The summed E-state index contributed by atoms with van der Waals surface area (Å²) in [5.41, 5.74) is 0. The van der Waals surface area contributed by atoms with E-state index in [2.05, 4.69) is 41.3 Å². The molecule has 158 valence electrons.